The van der Waals surface area contributed by atoms with Crippen LogP contribution in [0.2, 0.25) is 0 Å². The lowest BCUT2D eigenvalue weighted by Gasteiger charge is -2.30. The van der Waals surface area contributed by atoms with Gasteiger partial charge < -0.3 is 15.0 Å². The van der Waals surface area contributed by atoms with Crippen LogP contribution in [0.4, 0.5) is 11.6 Å². The molecule has 5 nitrogen and oxygen atoms in total. The first-order chi connectivity index (χ1) is 8.24. The van der Waals surface area contributed by atoms with Crippen LogP contribution in [0.1, 0.15) is 25.3 Å². The molecule has 1 aromatic rings. The second kappa shape index (κ2) is 5.31. The Bertz CT molecular complexity index is 375. The average Bonchev–Trinajstić information content (AvgIpc) is 2.38. The van der Waals surface area contributed by atoms with Crippen molar-refractivity contribution in [3.8, 4) is 0 Å². The van der Waals surface area contributed by atoms with Crippen LogP contribution in [0.15, 0.2) is 6.33 Å². The van der Waals surface area contributed by atoms with E-state index in [1.807, 2.05) is 7.05 Å². The van der Waals surface area contributed by atoms with Gasteiger partial charge in [-0.25, -0.2) is 9.97 Å². The molecule has 2 heterocycles. The highest BCUT2D eigenvalue weighted by Gasteiger charge is 2.20. The van der Waals surface area contributed by atoms with Crippen LogP contribution in [0.3, 0.4) is 0 Å². The topological polar surface area (TPSA) is 50.3 Å². The van der Waals surface area contributed by atoms with Crippen molar-refractivity contribution in [1.82, 2.24) is 9.97 Å². The van der Waals surface area contributed by atoms with Crippen molar-refractivity contribution in [3.05, 3.63) is 11.9 Å². The van der Waals surface area contributed by atoms with Gasteiger partial charge in [0.05, 0.1) is 13.2 Å². The number of aromatic nitrogens is 2. The first-order valence-electron chi connectivity index (χ1n) is 6.09. The molecule has 1 saturated heterocycles. The van der Waals surface area contributed by atoms with Gasteiger partial charge in [0, 0.05) is 25.7 Å². The zero-order valence-corrected chi connectivity index (χ0v) is 10.7. The van der Waals surface area contributed by atoms with Gasteiger partial charge in [-0.05, 0) is 5.92 Å². The Labute approximate surface area is 102 Å². The van der Waals surface area contributed by atoms with Crippen LogP contribution in [0.5, 0.6) is 0 Å². The summed E-state index contributed by atoms with van der Waals surface area (Å²) in [6.45, 7) is 7.69. The number of nitrogens with zero attached hydrogens (tertiary/aromatic N) is 3. The summed E-state index contributed by atoms with van der Waals surface area (Å²) in [6, 6.07) is 0. The van der Waals surface area contributed by atoms with E-state index in [0.29, 0.717) is 5.92 Å². The Hall–Kier alpha value is -1.36. The molecule has 17 heavy (non-hydrogen) atoms. The Morgan fingerprint density at radius 3 is 2.59 bits per heavy atom. The van der Waals surface area contributed by atoms with Gasteiger partial charge in [0.2, 0.25) is 0 Å². The maximum Gasteiger partial charge on any atom is 0.137 e. The van der Waals surface area contributed by atoms with E-state index < -0.39 is 0 Å². The Balaban J connectivity index is 2.37. The van der Waals surface area contributed by atoms with Gasteiger partial charge in [-0.2, -0.15) is 0 Å². The van der Waals surface area contributed by atoms with E-state index in [9.17, 15) is 0 Å². The fourth-order valence-electron chi connectivity index (χ4n) is 2.14. The molecule has 0 saturated carbocycles. The molecule has 1 N–H and O–H groups in total. The predicted molar refractivity (Wildman–Crippen MR) is 68.7 cm³/mol. The summed E-state index contributed by atoms with van der Waals surface area (Å²) in [5, 5.41) is 3.15. The molecule has 0 aromatic carbocycles. The maximum atomic E-state index is 5.38. The summed E-state index contributed by atoms with van der Waals surface area (Å²) in [5.74, 6) is 2.37. The molecule has 1 aromatic heterocycles. The van der Waals surface area contributed by atoms with Crippen molar-refractivity contribution in [2.75, 3.05) is 43.6 Å². The normalized spacial score (nSPS) is 16.4. The minimum atomic E-state index is 0.400. The minimum Gasteiger partial charge on any atom is -0.378 e. The van der Waals surface area contributed by atoms with E-state index in [1.54, 1.807) is 6.33 Å². The third-order valence-electron chi connectivity index (χ3n) is 2.99. The molecule has 94 valence electrons. The smallest absolute Gasteiger partial charge is 0.137 e. The summed E-state index contributed by atoms with van der Waals surface area (Å²) in [6.07, 6.45) is 1.63. The lowest BCUT2D eigenvalue weighted by molar-refractivity contribution is 0.122. The van der Waals surface area contributed by atoms with Gasteiger partial charge in [0.1, 0.15) is 18.0 Å². The summed E-state index contributed by atoms with van der Waals surface area (Å²) < 4.78 is 5.38. The van der Waals surface area contributed by atoms with Gasteiger partial charge in [0.15, 0.2) is 0 Å². The van der Waals surface area contributed by atoms with Crippen molar-refractivity contribution in [2.24, 2.45) is 0 Å². The first kappa shape index (κ1) is 12.1. The summed E-state index contributed by atoms with van der Waals surface area (Å²) in [4.78, 5) is 11.0. The number of hydrogen-bond acceptors (Lipinski definition) is 5. The van der Waals surface area contributed by atoms with Crippen molar-refractivity contribution in [1.29, 1.82) is 0 Å². The molecule has 0 aliphatic carbocycles. The number of hydrogen-bond donors (Lipinski definition) is 1. The number of nitrogens with one attached hydrogen (secondary N) is 1. The summed E-state index contributed by atoms with van der Waals surface area (Å²) >= 11 is 0. The van der Waals surface area contributed by atoms with Crippen LogP contribution in [-0.4, -0.2) is 43.3 Å². The third kappa shape index (κ3) is 2.49. The van der Waals surface area contributed by atoms with Gasteiger partial charge in [0.25, 0.3) is 0 Å². The lowest BCUT2D eigenvalue weighted by Crippen LogP contribution is -2.37. The SMILES string of the molecule is CNc1ncnc(N2CCOCC2)c1C(C)C. The molecule has 2 rings (SSSR count). The number of ether oxygens (including phenoxy) is 1. The van der Waals surface area contributed by atoms with Crippen molar-refractivity contribution in [3.63, 3.8) is 0 Å². The fourth-order valence-corrected chi connectivity index (χ4v) is 2.14. The lowest BCUT2D eigenvalue weighted by atomic mass is 10.0. The standard InChI is InChI=1S/C12H20N4O/c1-9(2)10-11(13-3)14-8-15-12(10)16-4-6-17-7-5-16/h8-9H,4-7H2,1-3H3,(H,13,14,15). The number of rotatable bonds is 3. The first-order valence-corrected chi connectivity index (χ1v) is 6.09. The molecule has 0 spiro atoms. The summed E-state index contributed by atoms with van der Waals surface area (Å²) in [7, 11) is 1.90. The van der Waals surface area contributed by atoms with Crippen LogP contribution < -0.4 is 10.2 Å². The van der Waals surface area contributed by atoms with Crippen molar-refractivity contribution < 1.29 is 4.74 Å². The molecular weight excluding hydrogens is 216 g/mol. The highest BCUT2D eigenvalue weighted by atomic mass is 16.5. The van der Waals surface area contributed by atoms with E-state index >= 15 is 0 Å². The van der Waals surface area contributed by atoms with E-state index in [4.69, 9.17) is 4.74 Å². The third-order valence-corrected chi connectivity index (χ3v) is 2.99. The number of anilines is 2. The molecule has 5 heteroatoms. The predicted octanol–water partition coefficient (Wildman–Crippen LogP) is 1.48. The van der Waals surface area contributed by atoms with Gasteiger partial charge in [-0.1, -0.05) is 13.8 Å². The van der Waals surface area contributed by atoms with Crippen LogP contribution in [-0.2, 0) is 4.74 Å². The quantitative estimate of drug-likeness (QED) is 0.861. The van der Waals surface area contributed by atoms with E-state index in [1.165, 1.54) is 5.56 Å². The van der Waals surface area contributed by atoms with Crippen molar-refractivity contribution in [2.45, 2.75) is 19.8 Å². The van der Waals surface area contributed by atoms with Gasteiger partial charge in [-0.3, -0.25) is 0 Å². The van der Waals surface area contributed by atoms with Gasteiger partial charge >= 0.3 is 0 Å². The second-order valence-corrected chi connectivity index (χ2v) is 4.46. The van der Waals surface area contributed by atoms with Crippen LogP contribution in [0, 0.1) is 0 Å². The Kier molecular flexibility index (Phi) is 3.78. The molecule has 1 fully saturated rings. The highest BCUT2D eigenvalue weighted by Crippen LogP contribution is 2.30. The molecule has 0 atom stereocenters. The minimum absolute atomic E-state index is 0.400. The second-order valence-electron chi connectivity index (χ2n) is 4.46. The van der Waals surface area contributed by atoms with Crippen LogP contribution >= 0.6 is 0 Å². The monoisotopic (exact) mass is 236 g/mol. The zero-order valence-electron chi connectivity index (χ0n) is 10.7. The molecule has 1 aliphatic rings. The molecule has 1 aliphatic heterocycles. The largest absolute Gasteiger partial charge is 0.378 e. The summed E-state index contributed by atoms with van der Waals surface area (Å²) in [5.41, 5.74) is 1.19. The molecular formula is C12H20N4O. The van der Waals surface area contributed by atoms with E-state index in [2.05, 4.69) is 34.0 Å². The van der Waals surface area contributed by atoms with Crippen molar-refractivity contribution >= 4 is 11.6 Å². The average molecular weight is 236 g/mol. The maximum absolute atomic E-state index is 5.38. The molecule has 0 unspecified atom stereocenters. The zero-order chi connectivity index (χ0) is 12.3. The van der Waals surface area contributed by atoms with Crippen LogP contribution in [0.25, 0.3) is 0 Å². The molecule has 0 bridgehead atoms. The fraction of sp³-hybridized carbons (Fsp3) is 0.667. The Morgan fingerprint density at radius 2 is 2.00 bits per heavy atom. The Morgan fingerprint density at radius 1 is 1.29 bits per heavy atom. The number of morpholine rings is 1. The molecule has 0 radical (unpaired) electrons. The van der Waals surface area contributed by atoms with E-state index in [-0.39, 0.29) is 0 Å². The van der Waals surface area contributed by atoms with Gasteiger partial charge in [-0.15, -0.1) is 0 Å². The van der Waals surface area contributed by atoms with E-state index in [0.717, 1.165) is 37.9 Å². The molecule has 0 amide bonds. The highest BCUT2D eigenvalue weighted by molar-refractivity contribution is 5.60.